The number of nitrogens with two attached hydrogens (primary N) is 1. The summed E-state index contributed by atoms with van der Waals surface area (Å²) in [6.45, 7) is 1.19. The lowest BCUT2D eigenvalue weighted by Crippen LogP contribution is -2.55. The van der Waals surface area contributed by atoms with Crippen molar-refractivity contribution >= 4 is 18.3 Å². The van der Waals surface area contributed by atoms with E-state index in [2.05, 4.69) is 0 Å². The molecular formula is C11H23ClN2O2. The van der Waals surface area contributed by atoms with Gasteiger partial charge in [0.2, 0.25) is 5.91 Å². The van der Waals surface area contributed by atoms with Crippen molar-refractivity contribution in [2.75, 3.05) is 27.3 Å². The first-order chi connectivity index (χ1) is 7.10. The number of likely N-dealkylation sites (N-methyl/N-ethyl adjacent to an activating group) is 1. The first kappa shape index (κ1) is 15.7. The Morgan fingerprint density at radius 3 is 2.44 bits per heavy atom. The smallest absolute Gasteiger partial charge is 0.242 e. The fourth-order valence-electron chi connectivity index (χ4n) is 2.11. The monoisotopic (exact) mass is 250 g/mol. The van der Waals surface area contributed by atoms with Crippen molar-refractivity contribution in [1.29, 1.82) is 0 Å². The van der Waals surface area contributed by atoms with Gasteiger partial charge < -0.3 is 15.4 Å². The summed E-state index contributed by atoms with van der Waals surface area (Å²) in [6, 6.07) is 0. The summed E-state index contributed by atoms with van der Waals surface area (Å²) in [5.41, 5.74) is 5.53. The van der Waals surface area contributed by atoms with E-state index in [-0.39, 0.29) is 18.3 Å². The second kappa shape index (κ2) is 7.09. The Bertz CT molecular complexity index is 218. The SMILES string of the molecule is COCCN(C)C(=O)C1(N)CCCCC1.Cl. The van der Waals surface area contributed by atoms with E-state index < -0.39 is 5.54 Å². The van der Waals surface area contributed by atoms with Crippen LogP contribution in [0.3, 0.4) is 0 Å². The van der Waals surface area contributed by atoms with Crippen molar-refractivity contribution in [2.24, 2.45) is 5.73 Å². The molecular weight excluding hydrogens is 228 g/mol. The van der Waals surface area contributed by atoms with Crippen LogP contribution in [0.2, 0.25) is 0 Å². The number of nitrogens with zero attached hydrogens (tertiary/aromatic N) is 1. The highest BCUT2D eigenvalue weighted by atomic mass is 35.5. The molecule has 1 fully saturated rings. The molecule has 0 saturated heterocycles. The molecule has 0 unspecified atom stereocenters. The second-order valence-electron chi connectivity index (χ2n) is 4.44. The van der Waals surface area contributed by atoms with E-state index in [1.54, 1.807) is 19.1 Å². The predicted octanol–water partition coefficient (Wildman–Crippen LogP) is 1.17. The molecule has 0 aromatic heterocycles. The molecule has 0 aliphatic heterocycles. The number of ether oxygens (including phenoxy) is 1. The van der Waals surface area contributed by atoms with Crippen LogP contribution in [-0.2, 0) is 9.53 Å². The van der Waals surface area contributed by atoms with Crippen LogP contribution >= 0.6 is 12.4 Å². The standard InChI is InChI=1S/C11H22N2O2.ClH/c1-13(8-9-15-2)10(14)11(12)6-4-3-5-7-11;/h3-9,12H2,1-2H3;1H. The summed E-state index contributed by atoms with van der Waals surface area (Å²) >= 11 is 0. The zero-order chi connectivity index (χ0) is 11.3. The van der Waals surface area contributed by atoms with Gasteiger partial charge in [-0.2, -0.15) is 0 Å². The molecule has 1 amide bonds. The number of rotatable bonds is 4. The van der Waals surface area contributed by atoms with Gasteiger partial charge in [-0.05, 0) is 12.8 Å². The van der Waals surface area contributed by atoms with Gasteiger partial charge in [-0.15, -0.1) is 12.4 Å². The van der Waals surface area contributed by atoms with Crippen LogP contribution in [0.4, 0.5) is 0 Å². The van der Waals surface area contributed by atoms with E-state index in [9.17, 15) is 4.79 Å². The summed E-state index contributed by atoms with van der Waals surface area (Å²) < 4.78 is 4.95. The van der Waals surface area contributed by atoms with Crippen LogP contribution in [0, 0.1) is 0 Å². The topological polar surface area (TPSA) is 55.6 Å². The summed E-state index contributed by atoms with van der Waals surface area (Å²) in [6.07, 6.45) is 4.99. The summed E-state index contributed by atoms with van der Waals surface area (Å²) in [5, 5.41) is 0. The van der Waals surface area contributed by atoms with Gasteiger partial charge in [0.1, 0.15) is 0 Å². The van der Waals surface area contributed by atoms with Crippen LogP contribution in [0.5, 0.6) is 0 Å². The molecule has 0 heterocycles. The number of methoxy groups -OCH3 is 1. The summed E-state index contributed by atoms with van der Waals surface area (Å²) in [7, 11) is 3.43. The lowest BCUT2D eigenvalue weighted by atomic mass is 9.81. The Morgan fingerprint density at radius 1 is 1.38 bits per heavy atom. The fraction of sp³-hybridized carbons (Fsp3) is 0.909. The van der Waals surface area contributed by atoms with Gasteiger partial charge in [0, 0.05) is 20.7 Å². The highest BCUT2D eigenvalue weighted by Crippen LogP contribution is 2.27. The highest BCUT2D eigenvalue weighted by Gasteiger charge is 2.36. The van der Waals surface area contributed by atoms with E-state index in [4.69, 9.17) is 10.5 Å². The van der Waals surface area contributed by atoms with Gasteiger partial charge in [-0.3, -0.25) is 4.79 Å². The minimum Gasteiger partial charge on any atom is -0.383 e. The number of amides is 1. The minimum atomic E-state index is -0.610. The Kier molecular flexibility index (Phi) is 6.95. The van der Waals surface area contributed by atoms with Gasteiger partial charge >= 0.3 is 0 Å². The normalized spacial score (nSPS) is 18.7. The molecule has 2 N–H and O–H groups in total. The Hall–Kier alpha value is -0.320. The molecule has 1 rings (SSSR count). The largest absolute Gasteiger partial charge is 0.383 e. The molecule has 0 spiro atoms. The van der Waals surface area contributed by atoms with Crippen LogP contribution in [0.25, 0.3) is 0 Å². The molecule has 4 nitrogen and oxygen atoms in total. The van der Waals surface area contributed by atoms with E-state index in [1.807, 2.05) is 0 Å². The molecule has 96 valence electrons. The van der Waals surface area contributed by atoms with Crippen LogP contribution in [0.15, 0.2) is 0 Å². The Morgan fingerprint density at radius 2 is 1.94 bits per heavy atom. The molecule has 16 heavy (non-hydrogen) atoms. The number of hydrogen-bond donors (Lipinski definition) is 1. The van der Waals surface area contributed by atoms with Gasteiger partial charge in [0.05, 0.1) is 12.1 Å². The second-order valence-corrected chi connectivity index (χ2v) is 4.44. The molecule has 1 saturated carbocycles. The number of carbonyl (C=O) groups excluding carboxylic acids is 1. The van der Waals surface area contributed by atoms with Gasteiger partial charge in [0.25, 0.3) is 0 Å². The van der Waals surface area contributed by atoms with E-state index >= 15 is 0 Å². The first-order valence-corrected chi connectivity index (χ1v) is 5.63. The molecule has 0 radical (unpaired) electrons. The molecule has 1 aliphatic rings. The third kappa shape index (κ3) is 3.92. The molecule has 0 aromatic rings. The van der Waals surface area contributed by atoms with Crippen molar-refractivity contribution in [2.45, 2.75) is 37.6 Å². The maximum Gasteiger partial charge on any atom is 0.242 e. The van der Waals surface area contributed by atoms with E-state index in [0.717, 1.165) is 25.7 Å². The third-order valence-electron chi connectivity index (χ3n) is 3.15. The molecule has 1 aliphatic carbocycles. The fourth-order valence-corrected chi connectivity index (χ4v) is 2.11. The van der Waals surface area contributed by atoms with Gasteiger partial charge in [0.15, 0.2) is 0 Å². The minimum absolute atomic E-state index is 0. The van der Waals surface area contributed by atoms with Crippen molar-refractivity contribution in [3.63, 3.8) is 0 Å². The average molecular weight is 251 g/mol. The van der Waals surface area contributed by atoms with Crippen molar-refractivity contribution in [3.8, 4) is 0 Å². The zero-order valence-corrected chi connectivity index (χ0v) is 11.0. The van der Waals surface area contributed by atoms with Gasteiger partial charge in [-0.25, -0.2) is 0 Å². The van der Waals surface area contributed by atoms with Crippen molar-refractivity contribution in [3.05, 3.63) is 0 Å². The average Bonchev–Trinajstić information content (AvgIpc) is 2.26. The third-order valence-corrected chi connectivity index (χ3v) is 3.15. The van der Waals surface area contributed by atoms with Crippen LogP contribution in [0.1, 0.15) is 32.1 Å². The van der Waals surface area contributed by atoms with E-state index in [1.165, 1.54) is 6.42 Å². The quantitative estimate of drug-likeness (QED) is 0.815. The maximum absolute atomic E-state index is 12.1. The number of halogens is 1. The predicted molar refractivity (Wildman–Crippen MR) is 66.8 cm³/mol. The molecule has 0 aromatic carbocycles. The molecule has 0 atom stereocenters. The number of hydrogen-bond acceptors (Lipinski definition) is 3. The van der Waals surface area contributed by atoms with Gasteiger partial charge in [-0.1, -0.05) is 19.3 Å². The number of carbonyl (C=O) groups is 1. The zero-order valence-electron chi connectivity index (χ0n) is 10.2. The van der Waals surface area contributed by atoms with Crippen LogP contribution in [-0.4, -0.2) is 43.7 Å². The molecule has 5 heteroatoms. The van der Waals surface area contributed by atoms with Crippen LogP contribution < -0.4 is 5.73 Å². The maximum atomic E-state index is 12.1. The highest BCUT2D eigenvalue weighted by molar-refractivity contribution is 5.86. The summed E-state index contributed by atoms with van der Waals surface area (Å²) in [5.74, 6) is 0.0688. The summed E-state index contributed by atoms with van der Waals surface area (Å²) in [4.78, 5) is 13.8. The molecule has 0 bridgehead atoms. The Labute approximate surface area is 104 Å². The van der Waals surface area contributed by atoms with E-state index in [0.29, 0.717) is 13.2 Å². The van der Waals surface area contributed by atoms with Crippen molar-refractivity contribution < 1.29 is 9.53 Å². The lowest BCUT2D eigenvalue weighted by Gasteiger charge is -2.35. The lowest BCUT2D eigenvalue weighted by molar-refractivity contribution is -0.137. The van der Waals surface area contributed by atoms with Crippen molar-refractivity contribution in [1.82, 2.24) is 4.90 Å². The Balaban J connectivity index is 0.00000225. The first-order valence-electron chi connectivity index (χ1n) is 5.63.